The molecule has 1 saturated carbocycles. The lowest BCUT2D eigenvalue weighted by Gasteiger charge is -2.40. The van der Waals surface area contributed by atoms with Gasteiger partial charge in [-0.05, 0) is 48.2 Å². The molecule has 10 heteroatoms. The molecular formula is C33H37N5O5. The average molecular weight is 584 g/mol. The van der Waals surface area contributed by atoms with Gasteiger partial charge < -0.3 is 19.7 Å². The van der Waals surface area contributed by atoms with Crippen molar-refractivity contribution in [1.82, 2.24) is 25.3 Å². The Bertz CT molecular complexity index is 1490. The van der Waals surface area contributed by atoms with Crippen LogP contribution in [0.15, 0.2) is 42.5 Å². The highest BCUT2D eigenvalue weighted by Gasteiger charge is 2.49. The van der Waals surface area contributed by atoms with Crippen molar-refractivity contribution in [2.75, 3.05) is 39.8 Å². The highest BCUT2D eigenvalue weighted by molar-refractivity contribution is 6.10. The number of nitrogens with zero attached hydrogens (tertiary/aromatic N) is 3. The van der Waals surface area contributed by atoms with Gasteiger partial charge in [0, 0.05) is 49.9 Å². The number of piperazine rings is 1. The van der Waals surface area contributed by atoms with E-state index in [1.807, 2.05) is 30.3 Å². The maximum absolute atomic E-state index is 13.2. The van der Waals surface area contributed by atoms with Crippen LogP contribution in [-0.4, -0.2) is 90.2 Å². The van der Waals surface area contributed by atoms with Crippen LogP contribution in [0.5, 0.6) is 5.75 Å². The first-order chi connectivity index (χ1) is 20.9. The third-order valence-corrected chi connectivity index (χ3v) is 9.49. The molecule has 3 atom stereocenters. The van der Waals surface area contributed by atoms with E-state index in [1.165, 1.54) is 37.0 Å². The summed E-state index contributed by atoms with van der Waals surface area (Å²) >= 11 is 0. The van der Waals surface area contributed by atoms with Gasteiger partial charge in [-0.25, -0.2) is 4.79 Å². The summed E-state index contributed by atoms with van der Waals surface area (Å²) in [6.07, 6.45) is 6.97. The molecule has 0 radical (unpaired) electrons. The molecule has 5 aliphatic rings. The molecule has 4 heterocycles. The molecule has 4 aliphatic heterocycles. The Balaban J connectivity index is 0.996. The van der Waals surface area contributed by atoms with Crippen LogP contribution in [0.2, 0.25) is 0 Å². The molecule has 7 rings (SSSR count). The van der Waals surface area contributed by atoms with Gasteiger partial charge in [-0.3, -0.25) is 24.7 Å². The van der Waals surface area contributed by atoms with Crippen LogP contribution in [0, 0.1) is 11.8 Å². The van der Waals surface area contributed by atoms with E-state index in [9.17, 15) is 14.4 Å². The Labute approximate surface area is 251 Å². The second-order valence-corrected chi connectivity index (χ2v) is 12.2. The smallest absolute Gasteiger partial charge is 0.323 e. The van der Waals surface area contributed by atoms with E-state index in [1.54, 1.807) is 19.2 Å². The van der Waals surface area contributed by atoms with E-state index in [4.69, 9.17) is 9.47 Å². The van der Waals surface area contributed by atoms with Gasteiger partial charge in [0.25, 0.3) is 11.8 Å². The standard InChI is InChI=1S/C33H37N5O5/c1-42-26-12-11-24-20-38(29(39)27(24)19-26)21-33(31(40)34-32(41)35-33)14-13-22-7-9-23(10-8-22)28-30(43-28)37-17-15-36(16-18-37)25-5-3-2-4-6-25/h7-12,19,25,28,30H,2-6,15-18,20-21H2,1H3,(H2,34,35,40,41). The number of amides is 4. The molecule has 43 heavy (non-hydrogen) atoms. The molecule has 4 fully saturated rings. The minimum Gasteiger partial charge on any atom is -0.497 e. The molecular weight excluding hydrogens is 546 g/mol. The lowest BCUT2D eigenvalue weighted by atomic mass is 9.94. The molecule has 1 aliphatic carbocycles. The predicted molar refractivity (Wildman–Crippen MR) is 158 cm³/mol. The van der Waals surface area contributed by atoms with Crippen molar-refractivity contribution in [3.8, 4) is 17.6 Å². The number of carbonyl (C=O) groups is 3. The van der Waals surface area contributed by atoms with Gasteiger partial charge in [-0.15, -0.1) is 0 Å². The third kappa shape index (κ3) is 5.49. The van der Waals surface area contributed by atoms with Crippen molar-refractivity contribution >= 4 is 17.8 Å². The molecule has 0 aromatic heterocycles. The first-order valence-corrected chi connectivity index (χ1v) is 15.3. The van der Waals surface area contributed by atoms with Crippen LogP contribution in [-0.2, 0) is 16.1 Å². The zero-order chi connectivity index (χ0) is 29.6. The number of rotatable bonds is 6. The number of epoxide rings is 1. The minimum absolute atomic E-state index is 0.0518. The second-order valence-electron chi connectivity index (χ2n) is 12.2. The average Bonchev–Trinajstić information content (AvgIpc) is 3.71. The zero-order valence-corrected chi connectivity index (χ0v) is 24.4. The highest BCUT2D eigenvalue weighted by Crippen LogP contribution is 2.41. The SMILES string of the molecule is COc1ccc2c(c1)C(=O)N(CC1(C#Cc3ccc(C4OC4N4CCN(C5CCCCC5)CC4)cc3)NC(=O)NC1=O)C2. The first-order valence-electron chi connectivity index (χ1n) is 15.3. The Morgan fingerprint density at radius 2 is 1.72 bits per heavy atom. The largest absolute Gasteiger partial charge is 0.497 e. The number of imide groups is 1. The van der Waals surface area contributed by atoms with Gasteiger partial charge in [-0.1, -0.05) is 49.3 Å². The Morgan fingerprint density at radius 3 is 2.42 bits per heavy atom. The zero-order valence-electron chi connectivity index (χ0n) is 24.4. The molecule has 2 aromatic carbocycles. The minimum atomic E-state index is -1.55. The van der Waals surface area contributed by atoms with Crippen molar-refractivity contribution in [3.05, 3.63) is 64.7 Å². The summed E-state index contributed by atoms with van der Waals surface area (Å²) < 4.78 is 11.4. The fourth-order valence-electron chi connectivity index (χ4n) is 6.98. The summed E-state index contributed by atoms with van der Waals surface area (Å²) in [6, 6.07) is 13.3. The van der Waals surface area contributed by atoms with Crippen molar-refractivity contribution in [2.24, 2.45) is 0 Å². The van der Waals surface area contributed by atoms with Gasteiger partial charge >= 0.3 is 6.03 Å². The van der Waals surface area contributed by atoms with Gasteiger partial charge in [0.15, 0.2) is 0 Å². The van der Waals surface area contributed by atoms with Gasteiger partial charge in [0.05, 0.1) is 13.7 Å². The molecule has 0 bridgehead atoms. The summed E-state index contributed by atoms with van der Waals surface area (Å²) in [5.41, 5.74) is 1.61. The molecule has 10 nitrogen and oxygen atoms in total. The molecule has 4 amide bonds. The van der Waals surface area contributed by atoms with Gasteiger partial charge in [-0.2, -0.15) is 0 Å². The number of hydrogen-bond acceptors (Lipinski definition) is 7. The van der Waals surface area contributed by atoms with E-state index in [-0.39, 0.29) is 24.8 Å². The van der Waals surface area contributed by atoms with Crippen LogP contribution in [0.25, 0.3) is 0 Å². The summed E-state index contributed by atoms with van der Waals surface area (Å²) in [4.78, 5) is 45.0. The number of carbonyl (C=O) groups excluding carboxylic acids is 3. The van der Waals surface area contributed by atoms with Crippen molar-refractivity contribution in [2.45, 2.75) is 62.6 Å². The maximum atomic E-state index is 13.2. The summed E-state index contributed by atoms with van der Waals surface area (Å²) in [6.45, 7) is 4.54. The Kier molecular flexibility index (Phi) is 7.33. The molecule has 2 aromatic rings. The fourth-order valence-corrected chi connectivity index (χ4v) is 6.98. The van der Waals surface area contributed by atoms with E-state index in [0.717, 1.165) is 43.3 Å². The Morgan fingerprint density at radius 1 is 0.977 bits per heavy atom. The molecule has 3 unspecified atom stereocenters. The van der Waals surface area contributed by atoms with E-state index < -0.39 is 17.5 Å². The lowest BCUT2D eigenvalue weighted by molar-refractivity contribution is -0.122. The summed E-state index contributed by atoms with van der Waals surface area (Å²) in [7, 11) is 1.55. The summed E-state index contributed by atoms with van der Waals surface area (Å²) in [5.74, 6) is 5.83. The third-order valence-electron chi connectivity index (χ3n) is 9.49. The number of nitrogens with one attached hydrogen (secondary N) is 2. The lowest BCUT2D eigenvalue weighted by Crippen LogP contribution is -2.54. The normalized spacial score (nSPS) is 27.7. The highest BCUT2D eigenvalue weighted by atomic mass is 16.6. The fraction of sp³-hybridized carbons (Fsp3) is 0.485. The predicted octanol–water partition coefficient (Wildman–Crippen LogP) is 2.63. The molecule has 2 N–H and O–H groups in total. The second kappa shape index (κ2) is 11.3. The number of methoxy groups -OCH3 is 1. The van der Waals surface area contributed by atoms with E-state index in [0.29, 0.717) is 23.4 Å². The topological polar surface area (TPSA) is 107 Å². The number of hydrogen-bond donors (Lipinski definition) is 2. The van der Waals surface area contributed by atoms with Gasteiger partial charge in [0.1, 0.15) is 18.1 Å². The van der Waals surface area contributed by atoms with Crippen LogP contribution >= 0.6 is 0 Å². The monoisotopic (exact) mass is 583 g/mol. The number of urea groups is 1. The van der Waals surface area contributed by atoms with Crippen molar-refractivity contribution in [1.29, 1.82) is 0 Å². The number of ether oxygens (including phenoxy) is 2. The molecule has 224 valence electrons. The van der Waals surface area contributed by atoms with Crippen molar-refractivity contribution < 1.29 is 23.9 Å². The quantitative estimate of drug-likeness (QED) is 0.306. The van der Waals surface area contributed by atoms with E-state index in [2.05, 4.69) is 32.3 Å². The Hall–Kier alpha value is -3.91. The molecule has 0 spiro atoms. The summed E-state index contributed by atoms with van der Waals surface area (Å²) in [5, 5.41) is 4.96. The van der Waals surface area contributed by atoms with Crippen LogP contribution in [0.4, 0.5) is 4.79 Å². The van der Waals surface area contributed by atoms with Crippen LogP contribution < -0.4 is 15.4 Å². The van der Waals surface area contributed by atoms with Gasteiger partial charge in [0.2, 0.25) is 5.54 Å². The van der Waals surface area contributed by atoms with E-state index >= 15 is 0 Å². The van der Waals surface area contributed by atoms with Crippen LogP contribution in [0.1, 0.15) is 65.3 Å². The maximum Gasteiger partial charge on any atom is 0.323 e. The van der Waals surface area contributed by atoms with Crippen molar-refractivity contribution in [3.63, 3.8) is 0 Å². The number of benzene rings is 2. The molecule has 3 saturated heterocycles. The number of fused-ring (bicyclic) bond motifs is 1. The van der Waals surface area contributed by atoms with Crippen LogP contribution in [0.3, 0.4) is 0 Å². The first kappa shape index (κ1) is 27.9.